The molecule has 6 heteroatoms. The first-order valence-electron chi connectivity index (χ1n) is 5.46. The van der Waals surface area contributed by atoms with E-state index in [-0.39, 0.29) is 18.7 Å². The Kier molecular flexibility index (Phi) is 5.80. The molecule has 5 nitrogen and oxygen atoms in total. The van der Waals surface area contributed by atoms with E-state index in [9.17, 15) is 9.59 Å². The second-order valence-corrected chi connectivity index (χ2v) is 4.42. The summed E-state index contributed by atoms with van der Waals surface area (Å²) in [7, 11) is 0. The maximum absolute atomic E-state index is 11.5. The van der Waals surface area contributed by atoms with Gasteiger partial charge in [0, 0.05) is 17.4 Å². The van der Waals surface area contributed by atoms with E-state index in [2.05, 4.69) is 21.2 Å². The van der Waals surface area contributed by atoms with Gasteiger partial charge in [-0.3, -0.25) is 9.59 Å². The second kappa shape index (κ2) is 7.13. The molecule has 0 radical (unpaired) electrons. The van der Waals surface area contributed by atoms with Crippen molar-refractivity contribution in [2.75, 3.05) is 5.32 Å². The number of rotatable bonds is 6. The van der Waals surface area contributed by atoms with E-state index < -0.39 is 12.0 Å². The number of benzene rings is 1. The van der Waals surface area contributed by atoms with Crippen LogP contribution in [0.25, 0.3) is 0 Å². The summed E-state index contributed by atoms with van der Waals surface area (Å²) in [6, 6.07) is 6.39. The summed E-state index contributed by atoms with van der Waals surface area (Å²) in [6.07, 6.45) is 0.217. The largest absolute Gasteiger partial charge is 0.480 e. The van der Waals surface area contributed by atoms with Crippen molar-refractivity contribution in [3.8, 4) is 0 Å². The van der Waals surface area contributed by atoms with E-state index in [1.165, 1.54) is 0 Å². The van der Waals surface area contributed by atoms with Crippen LogP contribution < -0.4 is 11.1 Å². The first-order valence-corrected chi connectivity index (χ1v) is 6.58. The molecule has 0 aliphatic rings. The SMILES string of the molecule is N[C@@H](CCC(=O)Nc1ccc(CBr)cc1)C(=O)O. The van der Waals surface area contributed by atoms with Crippen molar-refractivity contribution in [3.05, 3.63) is 29.8 Å². The summed E-state index contributed by atoms with van der Waals surface area (Å²) in [5.41, 5.74) is 7.11. The molecule has 0 saturated carbocycles. The molecule has 0 heterocycles. The minimum Gasteiger partial charge on any atom is -0.480 e. The molecule has 0 spiro atoms. The van der Waals surface area contributed by atoms with Crippen LogP contribution >= 0.6 is 15.9 Å². The molecular weight excluding hydrogens is 300 g/mol. The average Bonchev–Trinajstić information content (AvgIpc) is 2.36. The average molecular weight is 315 g/mol. The van der Waals surface area contributed by atoms with Crippen molar-refractivity contribution in [1.29, 1.82) is 0 Å². The number of carboxylic acids is 1. The molecule has 1 atom stereocenters. The van der Waals surface area contributed by atoms with Crippen LogP contribution in [0.2, 0.25) is 0 Å². The third kappa shape index (κ3) is 4.85. The number of nitrogens with one attached hydrogen (secondary N) is 1. The minimum absolute atomic E-state index is 0.0909. The summed E-state index contributed by atoms with van der Waals surface area (Å²) >= 11 is 3.33. The number of carboxylic acid groups (broad SMARTS) is 1. The maximum Gasteiger partial charge on any atom is 0.320 e. The van der Waals surface area contributed by atoms with Gasteiger partial charge in [0.15, 0.2) is 0 Å². The van der Waals surface area contributed by atoms with E-state index in [1.807, 2.05) is 12.1 Å². The number of alkyl halides is 1. The van der Waals surface area contributed by atoms with Gasteiger partial charge in [0.1, 0.15) is 6.04 Å². The van der Waals surface area contributed by atoms with E-state index >= 15 is 0 Å². The zero-order valence-electron chi connectivity index (χ0n) is 9.73. The Morgan fingerprint density at radius 1 is 1.33 bits per heavy atom. The smallest absolute Gasteiger partial charge is 0.320 e. The van der Waals surface area contributed by atoms with Crippen molar-refractivity contribution in [2.24, 2.45) is 5.73 Å². The molecule has 1 aromatic carbocycles. The van der Waals surface area contributed by atoms with Crippen LogP contribution in [0.1, 0.15) is 18.4 Å². The van der Waals surface area contributed by atoms with Crippen LogP contribution in [0.3, 0.4) is 0 Å². The lowest BCUT2D eigenvalue weighted by molar-refractivity contribution is -0.138. The van der Waals surface area contributed by atoms with Gasteiger partial charge in [-0.05, 0) is 24.1 Å². The van der Waals surface area contributed by atoms with Gasteiger partial charge in [-0.2, -0.15) is 0 Å². The summed E-state index contributed by atoms with van der Waals surface area (Å²) in [5, 5.41) is 12.0. The van der Waals surface area contributed by atoms with Crippen molar-refractivity contribution >= 4 is 33.5 Å². The summed E-state index contributed by atoms with van der Waals surface area (Å²) in [5.74, 6) is -1.33. The first-order chi connectivity index (χ1) is 8.52. The van der Waals surface area contributed by atoms with Crippen LogP contribution in [0, 0.1) is 0 Å². The number of carbonyl (C=O) groups excluding carboxylic acids is 1. The number of hydrogen-bond acceptors (Lipinski definition) is 3. The molecule has 1 amide bonds. The van der Waals surface area contributed by atoms with E-state index in [0.717, 1.165) is 10.9 Å². The number of nitrogens with two attached hydrogens (primary N) is 1. The maximum atomic E-state index is 11.5. The van der Waals surface area contributed by atoms with Crippen molar-refractivity contribution in [2.45, 2.75) is 24.2 Å². The predicted molar refractivity (Wildman–Crippen MR) is 72.5 cm³/mol. The molecule has 0 fully saturated rings. The van der Waals surface area contributed by atoms with Gasteiger partial charge in [0.05, 0.1) is 0 Å². The molecule has 0 aliphatic heterocycles. The Bertz CT molecular complexity index is 420. The van der Waals surface area contributed by atoms with Gasteiger partial charge in [-0.1, -0.05) is 28.1 Å². The molecule has 0 aliphatic carbocycles. The lowest BCUT2D eigenvalue weighted by atomic mass is 10.1. The molecule has 0 aromatic heterocycles. The Morgan fingerprint density at radius 2 is 1.94 bits per heavy atom. The first kappa shape index (κ1) is 14.7. The highest BCUT2D eigenvalue weighted by molar-refractivity contribution is 9.08. The summed E-state index contributed by atoms with van der Waals surface area (Å²) in [6.45, 7) is 0. The van der Waals surface area contributed by atoms with Crippen molar-refractivity contribution < 1.29 is 14.7 Å². The number of halogens is 1. The summed E-state index contributed by atoms with van der Waals surface area (Å²) < 4.78 is 0. The topological polar surface area (TPSA) is 92.4 Å². The van der Waals surface area contributed by atoms with E-state index in [0.29, 0.717) is 5.69 Å². The van der Waals surface area contributed by atoms with Crippen molar-refractivity contribution in [1.82, 2.24) is 0 Å². The molecule has 4 N–H and O–H groups in total. The third-order valence-corrected chi connectivity index (χ3v) is 3.04. The van der Waals surface area contributed by atoms with Crippen LogP contribution in [0.4, 0.5) is 5.69 Å². The van der Waals surface area contributed by atoms with Crippen molar-refractivity contribution in [3.63, 3.8) is 0 Å². The van der Waals surface area contributed by atoms with Gasteiger partial charge >= 0.3 is 5.97 Å². The zero-order valence-corrected chi connectivity index (χ0v) is 11.3. The van der Waals surface area contributed by atoms with Gasteiger partial charge in [-0.15, -0.1) is 0 Å². The Morgan fingerprint density at radius 3 is 2.44 bits per heavy atom. The fraction of sp³-hybridized carbons (Fsp3) is 0.333. The molecule has 1 aromatic rings. The summed E-state index contributed by atoms with van der Waals surface area (Å²) in [4.78, 5) is 22.0. The third-order valence-electron chi connectivity index (χ3n) is 2.39. The molecule has 1 rings (SSSR count). The monoisotopic (exact) mass is 314 g/mol. The molecule has 0 saturated heterocycles. The number of amides is 1. The van der Waals surface area contributed by atoms with Gasteiger partial charge < -0.3 is 16.2 Å². The Balaban J connectivity index is 2.42. The number of hydrogen-bond donors (Lipinski definition) is 3. The highest BCUT2D eigenvalue weighted by atomic mass is 79.9. The molecular formula is C12H15BrN2O3. The highest BCUT2D eigenvalue weighted by Crippen LogP contribution is 2.12. The molecule has 0 unspecified atom stereocenters. The Hall–Kier alpha value is -1.40. The van der Waals surface area contributed by atoms with Gasteiger partial charge in [0.2, 0.25) is 5.91 Å². The second-order valence-electron chi connectivity index (χ2n) is 3.86. The molecule has 0 bridgehead atoms. The van der Waals surface area contributed by atoms with Crippen LogP contribution in [0.15, 0.2) is 24.3 Å². The lowest BCUT2D eigenvalue weighted by Crippen LogP contribution is -2.31. The Labute approximate surface area is 113 Å². The highest BCUT2D eigenvalue weighted by Gasteiger charge is 2.13. The fourth-order valence-electron chi connectivity index (χ4n) is 1.31. The lowest BCUT2D eigenvalue weighted by Gasteiger charge is -2.07. The number of carbonyl (C=O) groups is 2. The number of aliphatic carboxylic acids is 1. The fourth-order valence-corrected chi connectivity index (χ4v) is 1.68. The standard InChI is InChI=1S/C12H15BrN2O3/c13-7-8-1-3-9(4-2-8)15-11(16)6-5-10(14)12(17)18/h1-4,10H,5-7,14H2,(H,15,16)(H,17,18)/t10-/m0/s1. The number of anilines is 1. The van der Waals surface area contributed by atoms with Gasteiger partial charge in [-0.25, -0.2) is 0 Å². The minimum atomic E-state index is -1.09. The zero-order chi connectivity index (χ0) is 13.5. The van der Waals surface area contributed by atoms with E-state index in [4.69, 9.17) is 10.8 Å². The normalized spacial score (nSPS) is 11.9. The van der Waals surface area contributed by atoms with Crippen LogP contribution in [0.5, 0.6) is 0 Å². The van der Waals surface area contributed by atoms with E-state index in [1.54, 1.807) is 12.1 Å². The predicted octanol–water partition coefficient (Wildman–Crippen LogP) is 1.71. The van der Waals surface area contributed by atoms with Crippen LogP contribution in [-0.2, 0) is 14.9 Å². The molecule has 98 valence electrons. The quantitative estimate of drug-likeness (QED) is 0.697. The molecule has 18 heavy (non-hydrogen) atoms. The van der Waals surface area contributed by atoms with Gasteiger partial charge in [0.25, 0.3) is 0 Å². The van der Waals surface area contributed by atoms with Crippen LogP contribution in [-0.4, -0.2) is 23.0 Å².